The van der Waals surface area contributed by atoms with Gasteiger partial charge in [0.15, 0.2) is 0 Å². The van der Waals surface area contributed by atoms with Crippen LogP contribution < -0.4 is 16.4 Å². The van der Waals surface area contributed by atoms with Crippen molar-refractivity contribution in [1.82, 2.24) is 15.5 Å². The fraction of sp³-hybridized carbons (Fsp3) is 0.643. The molecule has 0 heterocycles. The molecule has 1 fully saturated rings. The Bertz CT molecular complexity index is 1000. The second-order valence-electron chi connectivity index (χ2n) is 12.0. The molecule has 206 valence electrons. The number of carbonyl (C=O) groups excluding carboxylic acids is 4. The lowest BCUT2D eigenvalue weighted by Gasteiger charge is -2.44. The van der Waals surface area contributed by atoms with Crippen LogP contribution in [0.2, 0.25) is 0 Å². The van der Waals surface area contributed by atoms with E-state index in [1.54, 1.807) is 25.7 Å². The molecule has 1 aromatic rings. The van der Waals surface area contributed by atoms with Gasteiger partial charge in [0.1, 0.15) is 17.7 Å². The standard InChI is InChI=1S/C28H44N4O5/c1-17-11-9-14-20(18(17)2)23(24(34)31-27(3,4)5)32(19-12-10-13-19)25(35)21(15-16-22(29)33)30-26(36)37-28(6,7)8/h9,11,14,19,21,23H,10,12-13,15-16H2,1-8H3,(H2,29,33)(H,30,36)(H,31,34). The molecule has 1 saturated carbocycles. The van der Waals surface area contributed by atoms with Crippen LogP contribution in [0.5, 0.6) is 0 Å². The Hall–Kier alpha value is -3.10. The van der Waals surface area contributed by atoms with Crippen LogP contribution in [0, 0.1) is 13.8 Å². The molecule has 1 aliphatic rings. The van der Waals surface area contributed by atoms with Crippen LogP contribution in [0.15, 0.2) is 18.2 Å². The third-order valence-corrected chi connectivity index (χ3v) is 6.36. The van der Waals surface area contributed by atoms with Gasteiger partial charge in [0.25, 0.3) is 0 Å². The Morgan fingerprint density at radius 2 is 1.70 bits per heavy atom. The minimum Gasteiger partial charge on any atom is -0.444 e. The first-order valence-corrected chi connectivity index (χ1v) is 13.0. The topological polar surface area (TPSA) is 131 Å². The van der Waals surface area contributed by atoms with Crippen molar-refractivity contribution in [3.05, 3.63) is 34.9 Å². The second kappa shape index (κ2) is 12.0. The Kier molecular flexibility index (Phi) is 9.74. The quantitative estimate of drug-likeness (QED) is 0.459. The summed E-state index contributed by atoms with van der Waals surface area (Å²) in [5.41, 5.74) is 6.73. The molecule has 0 aliphatic heterocycles. The predicted octanol–water partition coefficient (Wildman–Crippen LogP) is 3.80. The number of hydrogen-bond acceptors (Lipinski definition) is 5. The van der Waals surface area contributed by atoms with Crippen molar-refractivity contribution >= 4 is 23.8 Å². The second-order valence-corrected chi connectivity index (χ2v) is 12.0. The van der Waals surface area contributed by atoms with Crippen molar-refractivity contribution in [1.29, 1.82) is 0 Å². The van der Waals surface area contributed by atoms with Crippen molar-refractivity contribution in [2.24, 2.45) is 5.73 Å². The highest BCUT2D eigenvalue weighted by molar-refractivity contribution is 5.93. The van der Waals surface area contributed by atoms with Crippen LogP contribution in [-0.2, 0) is 19.1 Å². The number of primary amides is 1. The zero-order chi connectivity index (χ0) is 28.1. The summed E-state index contributed by atoms with van der Waals surface area (Å²) in [5.74, 6) is -1.32. The number of alkyl carbamates (subject to hydrolysis) is 1. The predicted molar refractivity (Wildman–Crippen MR) is 143 cm³/mol. The van der Waals surface area contributed by atoms with Crippen LogP contribution in [0.1, 0.15) is 96.4 Å². The number of ether oxygens (including phenoxy) is 1. The van der Waals surface area contributed by atoms with Crippen molar-refractivity contribution in [2.75, 3.05) is 0 Å². The number of nitrogens with two attached hydrogens (primary N) is 1. The maximum Gasteiger partial charge on any atom is 0.408 e. The number of rotatable bonds is 9. The van der Waals surface area contributed by atoms with Gasteiger partial charge < -0.3 is 26.0 Å². The lowest BCUT2D eigenvalue weighted by Crippen LogP contribution is -2.58. The molecular formula is C28H44N4O5. The zero-order valence-corrected chi connectivity index (χ0v) is 23.6. The molecule has 0 radical (unpaired) electrons. The van der Waals surface area contributed by atoms with Crippen LogP contribution in [-0.4, -0.2) is 51.9 Å². The number of nitrogens with one attached hydrogen (secondary N) is 2. The van der Waals surface area contributed by atoms with E-state index in [1.807, 2.05) is 52.8 Å². The van der Waals surface area contributed by atoms with Crippen molar-refractivity contribution in [2.45, 2.75) is 117 Å². The molecule has 37 heavy (non-hydrogen) atoms. The zero-order valence-electron chi connectivity index (χ0n) is 23.6. The minimum absolute atomic E-state index is 0.00294. The lowest BCUT2D eigenvalue weighted by molar-refractivity contribution is -0.148. The van der Waals surface area contributed by atoms with E-state index in [1.165, 1.54) is 0 Å². The Balaban J connectivity index is 2.57. The van der Waals surface area contributed by atoms with Gasteiger partial charge in [0.2, 0.25) is 17.7 Å². The number of hydrogen-bond donors (Lipinski definition) is 3. The average molecular weight is 517 g/mol. The molecule has 0 saturated heterocycles. The number of amides is 4. The Morgan fingerprint density at radius 1 is 1.08 bits per heavy atom. The fourth-order valence-corrected chi connectivity index (χ4v) is 4.28. The van der Waals surface area contributed by atoms with Gasteiger partial charge in [-0.2, -0.15) is 0 Å². The van der Waals surface area contributed by atoms with Crippen LogP contribution in [0.4, 0.5) is 4.79 Å². The van der Waals surface area contributed by atoms with Crippen molar-refractivity contribution in [3.8, 4) is 0 Å². The SMILES string of the molecule is Cc1cccc(C(C(=O)NC(C)(C)C)N(C(=O)C(CCC(N)=O)NC(=O)OC(C)(C)C)C2CCC2)c1C. The van der Waals surface area contributed by atoms with E-state index in [-0.39, 0.29) is 24.8 Å². The maximum absolute atomic E-state index is 14.2. The Morgan fingerprint density at radius 3 is 2.19 bits per heavy atom. The van der Waals surface area contributed by atoms with E-state index >= 15 is 0 Å². The molecule has 2 unspecified atom stereocenters. The number of benzene rings is 1. The highest BCUT2D eigenvalue weighted by Crippen LogP contribution is 2.36. The molecule has 0 spiro atoms. The van der Waals surface area contributed by atoms with E-state index in [0.717, 1.165) is 36.0 Å². The molecule has 9 nitrogen and oxygen atoms in total. The average Bonchev–Trinajstić information content (AvgIpc) is 2.69. The molecule has 0 bridgehead atoms. The van der Waals surface area contributed by atoms with E-state index in [0.29, 0.717) is 0 Å². The third kappa shape index (κ3) is 8.76. The van der Waals surface area contributed by atoms with E-state index in [4.69, 9.17) is 10.5 Å². The fourth-order valence-electron chi connectivity index (χ4n) is 4.28. The lowest BCUT2D eigenvalue weighted by atomic mass is 9.86. The number of carbonyl (C=O) groups is 4. The van der Waals surface area contributed by atoms with Gasteiger partial charge >= 0.3 is 6.09 Å². The molecule has 0 aromatic heterocycles. The van der Waals surface area contributed by atoms with Crippen molar-refractivity contribution in [3.63, 3.8) is 0 Å². The first-order chi connectivity index (χ1) is 17.0. The van der Waals surface area contributed by atoms with Gasteiger partial charge in [-0.25, -0.2) is 4.79 Å². The number of nitrogens with zero attached hydrogens (tertiary/aromatic N) is 1. The third-order valence-electron chi connectivity index (χ3n) is 6.36. The normalized spacial score (nSPS) is 15.7. The summed E-state index contributed by atoms with van der Waals surface area (Å²) in [6.45, 7) is 14.7. The van der Waals surface area contributed by atoms with Crippen LogP contribution in [0.25, 0.3) is 0 Å². The molecule has 4 amide bonds. The monoisotopic (exact) mass is 516 g/mol. The largest absolute Gasteiger partial charge is 0.444 e. The highest BCUT2D eigenvalue weighted by Gasteiger charge is 2.43. The van der Waals surface area contributed by atoms with E-state index < -0.39 is 41.1 Å². The van der Waals surface area contributed by atoms with E-state index in [2.05, 4.69) is 10.6 Å². The van der Waals surface area contributed by atoms with Crippen LogP contribution >= 0.6 is 0 Å². The first kappa shape index (κ1) is 30.1. The summed E-state index contributed by atoms with van der Waals surface area (Å²) in [6, 6.07) is 3.54. The number of aryl methyl sites for hydroxylation is 1. The molecule has 1 aliphatic carbocycles. The summed E-state index contributed by atoms with van der Waals surface area (Å²) in [4.78, 5) is 53.9. The van der Waals surface area contributed by atoms with Gasteiger partial charge in [0, 0.05) is 18.0 Å². The molecule has 1 aromatic carbocycles. The summed E-state index contributed by atoms with van der Waals surface area (Å²) in [6.07, 6.45) is 1.53. The smallest absolute Gasteiger partial charge is 0.408 e. The molecule has 2 rings (SSSR count). The first-order valence-electron chi connectivity index (χ1n) is 13.0. The molecular weight excluding hydrogens is 472 g/mol. The van der Waals surface area contributed by atoms with Gasteiger partial charge in [0.05, 0.1) is 0 Å². The van der Waals surface area contributed by atoms with E-state index in [9.17, 15) is 19.2 Å². The van der Waals surface area contributed by atoms with Crippen molar-refractivity contribution < 1.29 is 23.9 Å². The van der Waals surface area contributed by atoms with Gasteiger partial charge in [-0.15, -0.1) is 0 Å². The molecule has 4 N–H and O–H groups in total. The summed E-state index contributed by atoms with van der Waals surface area (Å²) < 4.78 is 5.38. The summed E-state index contributed by atoms with van der Waals surface area (Å²) >= 11 is 0. The van der Waals surface area contributed by atoms with Gasteiger partial charge in [-0.3, -0.25) is 14.4 Å². The molecule has 2 atom stereocenters. The van der Waals surface area contributed by atoms with Gasteiger partial charge in [-0.1, -0.05) is 18.2 Å². The minimum atomic E-state index is -1.09. The highest BCUT2D eigenvalue weighted by atomic mass is 16.6. The summed E-state index contributed by atoms with van der Waals surface area (Å²) in [7, 11) is 0. The molecule has 9 heteroatoms. The maximum atomic E-state index is 14.2. The van der Waals surface area contributed by atoms with Crippen LogP contribution in [0.3, 0.4) is 0 Å². The summed E-state index contributed by atoms with van der Waals surface area (Å²) in [5, 5.41) is 5.68. The van der Waals surface area contributed by atoms with Gasteiger partial charge in [-0.05, 0) is 97.8 Å². The Labute approximate surface area is 220 Å².